The average Bonchev–Trinajstić information content (AvgIpc) is 3.23. The molecule has 6 heteroatoms. The predicted octanol–water partition coefficient (Wildman–Crippen LogP) is 9.64. The van der Waals surface area contributed by atoms with Crippen molar-refractivity contribution >= 4 is 51.6 Å². The van der Waals surface area contributed by atoms with Gasteiger partial charge in [-0.3, -0.25) is 0 Å². The van der Waals surface area contributed by atoms with Crippen molar-refractivity contribution < 1.29 is 19.1 Å². The molecule has 177 valence electrons. The molecule has 0 aliphatic heterocycles. The maximum atomic E-state index is 7.36. The maximum absolute atomic E-state index is 7.36. The molecular formula is C26H43Cl2GeHfSi2. The number of hydrogen-bond donors (Lipinski definition) is 0. The van der Waals surface area contributed by atoms with Crippen molar-refractivity contribution in [1.82, 2.24) is 0 Å². The molecular weight excluding hydrogens is 690 g/mol. The van der Waals surface area contributed by atoms with E-state index in [0.717, 1.165) is 12.8 Å². The molecule has 0 bridgehead atoms. The van der Waals surface area contributed by atoms with E-state index in [2.05, 4.69) is 82.9 Å². The van der Waals surface area contributed by atoms with Crippen LogP contribution >= 0.6 is 17.2 Å². The van der Waals surface area contributed by atoms with Crippen LogP contribution in [-0.2, 0) is 19.1 Å². The molecule has 3 aliphatic rings. The van der Waals surface area contributed by atoms with Gasteiger partial charge in [0.15, 0.2) is 0 Å². The fourth-order valence-corrected chi connectivity index (χ4v) is 30.2. The van der Waals surface area contributed by atoms with Gasteiger partial charge in [0, 0.05) is 0 Å². The van der Waals surface area contributed by atoms with Gasteiger partial charge in [0.25, 0.3) is 0 Å². The molecule has 2 unspecified atom stereocenters. The second-order valence-electron chi connectivity index (χ2n) is 12.4. The zero-order valence-corrected chi connectivity index (χ0v) is 31.2. The molecule has 0 saturated carbocycles. The summed E-state index contributed by atoms with van der Waals surface area (Å²) in [6, 6.07) is 0. The van der Waals surface area contributed by atoms with Crippen LogP contribution in [0.5, 0.6) is 0 Å². The van der Waals surface area contributed by atoms with Crippen molar-refractivity contribution in [3.63, 3.8) is 0 Å². The Morgan fingerprint density at radius 2 is 1.69 bits per heavy atom. The van der Waals surface area contributed by atoms with Gasteiger partial charge < -0.3 is 0 Å². The Bertz CT molecular complexity index is 955. The van der Waals surface area contributed by atoms with Gasteiger partial charge in [0.1, 0.15) is 0 Å². The Labute approximate surface area is 219 Å². The van der Waals surface area contributed by atoms with Gasteiger partial charge in [0.05, 0.1) is 0 Å². The summed E-state index contributed by atoms with van der Waals surface area (Å²) in [6.07, 6.45) is 12.9. The molecule has 0 aromatic carbocycles. The normalized spacial score (nSPS) is 28.9. The van der Waals surface area contributed by atoms with Gasteiger partial charge in [-0.1, -0.05) is 0 Å². The van der Waals surface area contributed by atoms with Gasteiger partial charge in [-0.15, -0.1) is 0 Å². The number of allylic oxidation sites excluding steroid dienone is 8. The Hall–Kier alpha value is 1.26. The van der Waals surface area contributed by atoms with Crippen LogP contribution in [-0.4, -0.2) is 34.4 Å². The van der Waals surface area contributed by atoms with E-state index in [-0.39, 0.29) is 8.21 Å². The van der Waals surface area contributed by atoms with Crippen molar-refractivity contribution in [1.29, 1.82) is 0 Å². The van der Waals surface area contributed by atoms with E-state index >= 15 is 0 Å². The Morgan fingerprint density at radius 3 is 2.09 bits per heavy atom. The van der Waals surface area contributed by atoms with Gasteiger partial charge >= 0.3 is 221 Å². The molecule has 0 amide bonds. The van der Waals surface area contributed by atoms with Gasteiger partial charge in [-0.05, 0) is 0 Å². The van der Waals surface area contributed by atoms with Crippen LogP contribution in [0.25, 0.3) is 0 Å². The van der Waals surface area contributed by atoms with Crippen LogP contribution in [0.3, 0.4) is 0 Å². The fraction of sp³-hybridized carbons (Fsp3) is 0.654. The average molecular weight is 734 g/mol. The van der Waals surface area contributed by atoms with Gasteiger partial charge in [0.2, 0.25) is 0 Å². The third-order valence-corrected chi connectivity index (χ3v) is 28.7. The van der Waals surface area contributed by atoms with Crippen LogP contribution in [0, 0.1) is 0 Å². The first-order valence-electron chi connectivity index (χ1n) is 12.4. The summed E-state index contributed by atoms with van der Waals surface area (Å²) >= 11 is -4.23. The minimum atomic E-state index is -3.00. The summed E-state index contributed by atoms with van der Waals surface area (Å²) in [5, 5.41) is 2.03. The molecule has 3 aliphatic carbocycles. The van der Waals surface area contributed by atoms with Crippen molar-refractivity contribution in [2.24, 2.45) is 0 Å². The number of rotatable bonds is 5. The van der Waals surface area contributed by atoms with E-state index in [1.165, 1.54) is 24.8 Å². The molecule has 0 radical (unpaired) electrons. The molecule has 0 heterocycles. The van der Waals surface area contributed by atoms with Crippen LogP contribution in [0.4, 0.5) is 0 Å². The fourth-order valence-electron chi connectivity index (χ4n) is 6.88. The van der Waals surface area contributed by atoms with E-state index in [0.29, 0.717) is 0 Å². The molecule has 3 rings (SSSR count). The third-order valence-electron chi connectivity index (χ3n) is 8.46. The molecule has 0 aromatic rings. The summed E-state index contributed by atoms with van der Waals surface area (Å²) in [4.78, 5) is 0. The van der Waals surface area contributed by atoms with E-state index in [1.54, 1.807) is 21.9 Å². The van der Waals surface area contributed by atoms with Crippen molar-refractivity contribution in [3.8, 4) is 0 Å². The topological polar surface area (TPSA) is 0 Å². The molecule has 0 spiro atoms. The summed E-state index contributed by atoms with van der Waals surface area (Å²) in [5.41, 5.74) is 6.72. The molecule has 0 fully saturated rings. The monoisotopic (exact) mass is 735 g/mol. The molecule has 0 saturated heterocycles. The summed E-state index contributed by atoms with van der Waals surface area (Å²) in [5.74, 6) is 5.21. The SMILES string of the molecule is CCC1=C([Si](C)(C)C)C2=C(CCC[C](=[Ge]([CH3])[CH3])C2(C)[Si](C)(C)C)[C]1(C1=CC=CC1)[Hf]([Cl])[Cl]. The van der Waals surface area contributed by atoms with Crippen molar-refractivity contribution in [2.75, 3.05) is 0 Å². The van der Waals surface area contributed by atoms with E-state index in [9.17, 15) is 0 Å². The van der Waals surface area contributed by atoms with Crippen LogP contribution in [0.2, 0.25) is 59.0 Å². The number of halogens is 2. The van der Waals surface area contributed by atoms with E-state index in [1.807, 2.05) is 4.35 Å². The second-order valence-corrected chi connectivity index (χ2v) is 40.7. The van der Waals surface area contributed by atoms with Crippen LogP contribution in [0.15, 0.2) is 45.7 Å². The molecule has 0 aromatic heterocycles. The summed E-state index contributed by atoms with van der Waals surface area (Å²) in [6.45, 7) is 20.7. The Balaban J connectivity index is 2.59. The predicted molar refractivity (Wildman–Crippen MR) is 152 cm³/mol. The Kier molecular flexibility index (Phi) is 8.36. The molecule has 2 atom stereocenters. The summed E-state index contributed by atoms with van der Waals surface area (Å²) in [7, 11) is 11.5. The quantitative estimate of drug-likeness (QED) is 0.247. The summed E-state index contributed by atoms with van der Waals surface area (Å²) < 4.78 is 1.88. The molecule has 0 N–H and O–H groups in total. The zero-order valence-electron chi connectivity index (χ0n) is 22.0. The first-order chi connectivity index (χ1) is 14.7. The second kappa shape index (κ2) is 9.61. The van der Waals surface area contributed by atoms with Crippen LogP contribution < -0.4 is 0 Å². The van der Waals surface area contributed by atoms with E-state index in [4.69, 9.17) is 17.2 Å². The molecule has 32 heavy (non-hydrogen) atoms. The van der Waals surface area contributed by atoms with Crippen LogP contribution in [0.1, 0.15) is 46.0 Å². The third kappa shape index (κ3) is 4.13. The van der Waals surface area contributed by atoms with E-state index < -0.39 is 49.1 Å². The Morgan fingerprint density at radius 1 is 1.06 bits per heavy atom. The zero-order chi connectivity index (χ0) is 24.3. The minimum absolute atomic E-state index is 0.0883. The van der Waals surface area contributed by atoms with Gasteiger partial charge in [-0.25, -0.2) is 0 Å². The van der Waals surface area contributed by atoms with Gasteiger partial charge in [-0.2, -0.15) is 0 Å². The van der Waals surface area contributed by atoms with Crippen molar-refractivity contribution in [2.45, 2.75) is 105 Å². The number of hydrogen-bond acceptors (Lipinski definition) is 0. The molecule has 0 nitrogen and oxygen atoms in total. The first kappa shape index (κ1) is 27.8. The standard InChI is InChI=1S/C26H43GeSi2.2ClH.Hf/c1-11-20-23(19-15-12-13-16-19)21-17-14-18-22(27(3)4)26(2,29(8,9)10)24(21)25(20)28(5,6)7;;;/h12-13,15H,11,14,16-18H2,1-10H3;2*1H;/q;;;+2/p-2. The first-order valence-corrected chi connectivity index (χ1v) is 35.3. The van der Waals surface area contributed by atoms with Crippen molar-refractivity contribution in [3.05, 3.63) is 45.7 Å².